The molecule has 1 saturated carbocycles. The molecule has 3 rings (SSSR count). The normalized spacial score (nSPS) is 31.0. The van der Waals surface area contributed by atoms with Crippen molar-refractivity contribution in [1.82, 2.24) is 4.98 Å². The second kappa shape index (κ2) is 4.16. The molecule has 2 unspecified atom stereocenters. The predicted octanol–water partition coefficient (Wildman–Crippen LogP) is 2.38. The molecule has 1 aromatic rings. The van der Waals surface area contributed by atoms with Crippen LogP contribution < -0.4 is 4.90 Å². The maximum Gasteiger partial charge on any atom is 0.238 e. The molecule has 94 valence electrons. The molecule has 1 aliphatic heterocycles. The lowest BCUT2D eigenvalue weighted by Gasteiger charge is -2.15. The molecule has 1 aromatic heterocycles. The smallest absolute Gasteiger partial charge is 0.238 e. The first kappa shape index (κ1) is 11.8. The average molecular weight is 309 g/mol. The SMILES string of the molecule is CC1CC2C(=O)N(c3ccc(Br)cn3)C(=O)C2C1. The third-order valence-electron chi connectivity index (χ3n) is 3.81. The van der Waals surface area contributed by atoms with Crippen LogP contribution in [0.5, 0.6) is 0 Å². The van der Waals surface area contributed by atoms with Gasteiger partial charge in [0.1, 0.15) is 5.82 Å². The zero-order valence-corrected chi connectivity index (χ0v) is 11.6. The Morgan fingerprint density at radius 2 is 1.83 bits per heavy atom. The van der Waals surface area contributed by atoms with Crippen molar-refractivity contribution in [3.63, 3.8) is 0 Å². The number of halogens is 1. The van der Waals surface area contributed by atoms with Gasteiger partial charge in [-0.3, -0.25) is 9.59 Å². The molecule has 18 heavy (non-hydrogen) atoms. The lowest BCUT2D eigenvalue weighted by atomic mass is 10.00. The van der Waals surface area contributed by atoms with Gasteiger partial charge in [0.25, 0.3) is 0 Å². The van der Waals surface area contributed by atoms with Crippen molar-refractivity contribution in [2.75, 3.05) is 4.90 Å². The van der Waals surface area contributed by atoms with Crippen LogP contribution in [-0.4, -0.2) is 16.8 Å². The summed E-state index contributed by atoms with van der Waals surface area (Å²) in [7, 11) is 0. The number of hydrogen-bond acceptors (Lipinski definition) is 3. The minimum atomic E-state index is -0.127. The van der Waals surface area contributed by atoms with E-state index in [1.165, 1.54) is 4.90 Å². The van der Waals surface area contributed by atoms with Crippen LogP contribution in [0, 0.1) is 17.8 Å². The number of hydrogen-bond donors (Lipinski definition) is 0. The van der Waals surface area contributed by atoms with E-state index >= 15 is 0 Å². The number of rotatable bonds is 1. The molecule has 2 amide bonds. The molecule has 2 aliphatic rings. The van der Waals surface area contributed by atoms with Gasteiger partial charge in [-0.2, -0.15) is 0 Å². The van der Waals surface area contributed by atoms with Crippen LogP contribution in [0.2, 0.25) is 0 Å². The minimum Gasteiger partial charge on any atom is -0.274 e. The second-order valence-corrected chi connectivity index (χ2v) is 6.05. The van der Waals surface area contributed by atoms with Gasteiger partial charge in [-0.1, -0.05) is 6.92 Å². The molecular weight excluding hydrogens is 296 g/mol. The maximum atomic E-state index is 12.3. The number of carbonyl (C=O) groups is 2. The number of pyridine rings is 1. The molecule has 0 bridgehead atoms. The van der Waals surface area contributed by atoms with E-state index in [1.807, 2.05) is 0 Å². The van der Waals surface area contributed by atoms with Crippen LogP contribution in [0.25, 0.3) is 0 Å². The Kier molecular flexibility index (Phi) is 2.73. The van der Waals surface area contributed by atoms with Crippen molar-refractivity contribution < 1.29 is 9.59 Å². The number of aromatic nitrogens is 1. The standard InChI is InChI=1S/C13H13BrN2O2/c1-7-4-9-10(5-7)13(18)16(12(9)17)11-3-2-8(14)6-15-11/h2-3,6-7,9-10H,4-5H2,1H3. The molecule has 5 heteroatoms. The summed E-state index contributed by atoms with van der Waals surface area (Å²) in [5.41, 5.74) is 0. The molecule has 0 radical (unpaired) electrons. The first-order valence-electron chi connectivity index (χ1n) is 6.07. The summed E-state index contributed by atoms with van der Waals surface area (Å²) in [5.74, 6) is 0.493. The Hall–Kier alpha value is -1.23. The lowest BCUT2D eigenvalue weighted by molar-refractivity contribution is -0.123. The third-order valence-corrected chi connectivity index (χ3v) is 4.28. The molecule has 4 nitrogen and oxygen atoms in total. The number of fused-ring (bicyclic) bond motifs is 1. The molecule has 2 heterocycles. The fraction of sp³-hybridized carbons (Fsp3) is 0.462. The molecule has 0 spiro atoms. The summed E-state index contributed by atoms with van der Waals surface area (Å²) < 4.78 is 0.833. The van der Waals surface area contributed by atoms with E-state index in [2.05, 4.69) is 27.8 Å². The second-order valence-electron chi connectivity index (χ2n) is 5.14. The molecule has 0 N–H and O–H groups in total. The van der Waals surface area contributed by atoms with E-state index in [0.29, 0.717) is 11.7 Å². The van der Waals surface area contributed by atoms with Crippen molar-refractivity contribution in [1.29, 1.82) is 0 Å². The Morgan fingerprint density at radius 3 is 2.33 bits per heavy atom. The van der Waals surface area contributed by atoms with Crippen molar-refractivity contribution in [2.45, 2.75) is 19.8 Å². The van der Waals surface area contributed by atoms with Crippen LogP contribution >= 0.6 is 15.9 Å². The summed E-state index contributed by atoms with van der Waals surface area (Å²) in [5, 5.41) is 0. The largest absolute Gasteiger partial charge is 0.274 e. The van der Waals surface area contributed by atoms with Crippen molar-refractivity contribution in [2.24, 2.45) is 17.8 Å². The average Bonchev–Trinajstić information content (AvgIpc) is 2.82. The van der Waals surface area contributed by atoms with Gasteiger partial charge in [0.05, 0.1) is 11.8 Å². The zero-order chi connectivity index (χ0) is 12.9. The topological polar surface area (TPSA) is 50.3 Å². The molecule has 2 fully saturated rings. The molecule has 0 aromatic carbocycles. The van der Waals surface area contributed by atoms with Gasteiger partial charge >= 0.3 is 0 Å². The van der Waals surface area contributed by atoms with Crippen molar-refractivity contribution in [3.05, 3.63) is 22.8 Å². The van der Waals surface area contributed by atoms with Gasteiger partial charge in [-0.05, 0) is 46.8 Å². The molecule has 1 aliphatic carbocycles. The van der Waals surface area contributed by atoms with Gasteiger partial charge in [-0.25, -0.2) is 9.88 Å². The first-order chi connectivity index (χ1) is 8.58. The Balaban J connectivity index is 1.93. The summed E-state index contributed by atoms with van der Waals surface area (Å²) in [6.45, 7) is 2.10. The fourth-order valence-electron chi connectivity index (χ4n) is 3.00. The predicted molar refractivity (Wildman–Crippen MR) is 69.8 cm³/mol. The number of amides is 2. The van der Waals surface area contributed by atoms with Crippen molar-refractivity contribution >= 4 is 33.6 Å². The minimum absolute atomic E-state index is 0.0795. The van der Waals surface area contributed by atoms with Gasteiger partial charge in [0.15, 0.2) is 0 Å². The fourth-order valence-corrected chi connectivity index (χ4v) is 3.24. The number of anilines is 1. The van der Waals surface area contributed by atoms with E-state index in [-0.39, 0.29) is 23.7 Å². The number of carbonyl (C=O) groups excluding carboxylic acids is 2. The molecular formula is C13H13BrN2O2. The van der Waals surface area contributed by atoms with E-state index < -0.39 is 0 Å². The van der Waals surface area contributed by atoms with Gasteiger partial charge in [-0.15, -0.1) is 0 Å². The highest BCUT2D eigenvalue weighted by molar-refractivity contribution is 9.10. The lowest BCUT2D eigenvalue weighted by Crippen LogP contribution is -2.32. The van der Waals surface area contributed by atoms with Crippen LogP contribution in [-0.2, 0) is 9.59 Å². The van der Waals surface area contributed by atoms with Crippen LogP contribution in [0.15, 0.2) is 22.8 Å². The summed E-state index contributed by atoms with van der Waals surface area (Å²) in [6, 6.07) is 3.49. The van der Waals surface area contributed by atoms with E-state index in [1.54, 1.807) is 18.3 Å². The van der Waals surface area contributed by atoms with E-state index in [4.69, 9.17) is 0 Å². The summed E-state index contributed by atoms with van der Waals surface area (Å²) in [4.78, 5) is 30.0. The first-order valence-corrected chi connectivity index (χ1v) is 6.86. The maximum absolute atomic E-state index is 12.3. The Labute approximate surface area is 114 Å². The quantitative estimate of drug-likeness (QED) is 0.748. The highest BCUT2D eigenvalue weighted by atomic mass is 79.9. The van der Waals surface area contributed by atoms with Crippen LogP contribution in [0.4, 0.5) is 5.82 Å². The van der Waals surface area contributed by atoms with Crippen LogP contribution in [0.3, 0.4) is 0 Å². The van der Waals surface area contributed by atoms with Crippen molar-refractivity contribution in [3.8, 4) is 0 Å². The highest BCUT2D eigenvalue weighted by Crippen LogP contribution is 2.43. The van der Waals surface area contributed by atoms with Crippen LogP contribution in [0.1, 0.15) is 19.8 Å². The van der Waals surface area contributed by atoms with Gasteiger partial charge in [0, 0.05) is 10.7 Å². The number of nitrogens with zero attached hydrogens (tertiary/aromatic N) is 2. The third kappa shape index (κ3) is 1.68. The van der Waals surface area contributed by atoms with E-state index in [9.17, 15) is 9.59 Å². The van der Waals surface area contributed by atoms with Gasteiger partial charge < -0.3 is 0 Å². The Morgan fingerprint density at radius 1 is 1.22 bits per heavy atom. The van der Waals surface area contributed by atoms with E-state index in [0.717, 1.165) is 17.3 Å². The highest BCUT2D eigenvalue weighted by Gasteiger charge is 2.52. The molecule has 2 atom stereocenters. The number of imide groups is 1. The molecule has 1 saturated heterocycles. The summed E-state index contributed by atoms with van der Waals surface area (Å²) >= 11 is 3.29. The Bertz CT molecular complexity index is 490. The zero-order valence-electron chi connectivity index (χ0n) is 9.97. The summed E-state index contributed by atoms with van der Waals surface area (Å²) in [6.07, 6.45) is 3.25. The van der Waals surface area contributed by atoms with Gasteiger partial charge in [0.2, 0.25) is 11.8 Å². The monoisotopic (exact) mass is 308 g/mol.